The van der Waals surface area contributed by atoms with Gasteiger partial charge in [0.05, 0.1) is 24.4 Å². The van der Waals surface area contributed by atoms with E-state index in [-0.39, 0.29) is 5.78 Å². The summed E-state index contributed by atoms with van der Waals surface area (Å²) in [5.74, 6) is -0.0234. The molecular weight excluding hydrogens is 284 g/mol. The maximum atomic E-state index is 11.8. The van der Waals surface area contributed by atoms with Crippen LogP contribution in [0, 0.1) is 11.3 Å². The number of anilines is 1. The van der Waals surface area contributed by atoms with E-state index in [2.05, 4.69) is 10.8 Å². The number of rotatable bonds is 5. The minimum Gasteiger partial charge on any atom is -0.306 e. The molecule has 0 aliphatic heterocycles. The number of nitrogens with zero attached hydrogens (tertiary/aromatic N) is 1. The molecule has 0 fully saturated rings. The van der Waals surface area contributed by atoms with Gasteiger partial charge in [0.15, 0.2) is 5.78 Å². The second-order valence-corrected chi connectivity index (χ2v) is 5.06. The average molecular weight is 298 g/mol. The number of carbonyl (C=O) groups is 1. The Kier molecular flexibility index (Phi) is 4.99. The SMILES string of the molecule is COSNc1ccc(-c2ccc(C#N)cc2)cc1C(C)=O. The van der Waals surface area contributed by atoms with Crippen LogP contribution in [0.3, 0.4) is 0 Å². The van der Waals surface area contributed by atoms with E-state index >= 15 is 0 Å². The molecule has 0 heterocycles. The Balaban J connectivity index is 2.38. The molecule has 0 aromatic heterocycles. The van der Waals surface area contributed by atoms with Crippen LogP contribution in [0.1, 0.15) is 22.8 Å². The van der Waals surface area contributed by atoms with Gasteiger partial charge in [-0.3, -0.25) is 4.79 Å². The van der Waals surface area contributed by atoms with E-state index in [0.717, 1.165) is 23.4 Å². The van der Waals surface area contributed by atoms with Crippen molar-refractivity contribution in [3.8, 4) is 17.2 Å². The van der Waals surface area contributed by atoms with Crippen LogP contribution in [0.15, 0.2) is 42.5 Å². The van der Waals surface area contributed by atoms with Gasteiger partial charge in [-0.2, -0.15) is 5.26 Å². The molecule has 4 nitrogen and oxygen atoms in total. The zero-order chi connectivity index (χ0) is 15.2. The fraction of sp³-hybridized carbons (Fsp3) is 0.125. The average Bonchev–Trinajstić information content (AvgIpc) is 2.52. The molecule has 106 valence electrons. The van der Waals surface area contributed by atoms with Gasteiger partial charge < -0.3 is 8.91 Å². The van der Waals surface area contributed by atoms with Gasteiger partial charge in [-0.25, -0.2) is 0 Å². The standard InChI is InChI=1S/C16H14N2O2S/c1-11(19)15-9-14(7-8-16(15)18-21-20-2)13-5-3-12(10-17)4-6-13/h3-9,18H,1-2H3. The molecule has 2 aromatic carbocycles. The summed E-state index contributed by atoms with van der Waals surface area (Å²) < 4.78 is 7.86. The topological polar surface area (TPSA) is 62.1 Å². The molecule has 0 saturated carbocycles. The second kappa shape index (κ2) is 6.93. The maximum Gasteiger partial charge on any atom is 0.161 e. The van der Waals surface area contributed by atoms with Crippen molar-refractivity contribution in [3.63, 3.8) is 0 Å². The van der Waals surface area contributed by atoms with Crippen molar-refractivity contribution in [2.75, 3.05) is 11.8 Å². The fourth-order valence-electron chi connectivity index (χ4n) is 1.93. The molecule has 21 heavy (non-hydrogen) atoms. The lowest BCUT2D eigenvalue weighted by molar-refractivity contribution is 0.101. The van der Waals surface area contributed by atoms with Gasteiger partial charge in [-0.05, 0) is 42.3 Å². The Morgan fingerprint density at radius 1 is 1.19 bits per heavy atom. The van der Waals surface area contributed by atoms with E-state index in [0.29, 0.717) is 16.8 Å². The summed E-state index contributed by atoms with van der Waals surface area (Å²) in [6, 6.07) is 14.9. The highest BCUT2D eigenvalue weighted by Crippen LogP contribution is 2.27. The first-order chi connectivity index (χ1) is 10.2. The smallest absolute Gasteiger partial charge is 0.161 e. The lowest BCUT2D eigenvalue weighted by Gasteiger charge is -2.10. The lowest BCUT2D eigenvalue weighted by Crippen LogP contribution is -1.99. The molecule has 2 rings (SSSR count). The van der Waals surface area contributed by atoms with Crippen molar-refractivity contribution in [1.29, 1.82) is 5.26 Å². The van der Waals surface area contributed by atoms with Crippen LogP contribution in [0.5, 0.6) is 0 Å². The number of nitrogens with one attached hydrogen (secondary N) is 1. The molecule has 0 aliphatic rings. The summed E-state index contributed by atoms with van der Waals surface area (Å²) in [5.41, 5.74) is 3.81. The second-order valence-electron chi connectivity index (χ2n) is 4.36. The van der Waals surface area contributed by atoms with Gasteiger partial charge in [0.2, 0.25) is 0 Å². The number of Topliss-reactive ketones (excluding diaryl/α,β-unsaturated/α-hetero) is 1. The van der Waals surface area contributed by atoms with Crippen LogP contribution in [0.4, 0.5) is 5.69 Å². The van der Waals surface area contributed by atoms with Crippen molar-refractivity contribution >= 4 is 23.7 Å². The third-order valence-electron chi connectivity index (χ3n) is 2.98. The largest absolute Gasteiger partial charge is 0.306 e. The van der Waals surface area contributed by atoms with Gasteiger partial charge >= 0.3 is 0 Å². The molecule has 1 N–H and O–H groups in total. The number of nitriles is 1. The molecule has 0 radical (unpaired) electrons. The highest BCUT2D eigenvalue weighted by atomic mass is 32.2. The quantitative estimate of drug-likeness (QED) is 0.512. The first-order valence-corrected chi connectivity index (χ1v) is 7.01. The van der Waals surface area contributed by atoms with Gasteiger partial charge in [0, 0.05) is 5.56 Å². The van der Waals surface area contributed by atoms with E-state index in [4.69, 9.17) is 9.44 Å². The van der Waals surface area contributed by atoms with Gasteiger partial charge in [0.25, 0.3) is 0 Å². The number of benzene rings is 2. The normalized spacial score (nSPS) is 9.95. The Labute approximate surface area is 128 Å². The van der Waals surface area contributed by atoms with E-state index in [1.807, 2.05) is 30.3 Å². The van der Waals surface area contributed by atoms with Crippen LogP contribution in [-0.2, 0) is 4.18 Å². The predicted octanol–water partition coefficient (Wildman–Crippen LogP) is 4.05. The summed E-state index contributed by atoms with van der Waals surface area (Å²) in [6.45, 7) is 1.53. The number of hydrogen-bond acceptors (Lipinski definition) is 5. The van der Waals surface area contributed by atoms with E-state index in [1.165, 1.54) is 6.92 Å². The molecule has 0 aliphatic carbocycles. The van der Waals surface area contributed by atoms with Gasteiger partial charge in [-0.15, -0.1) is 0 Å². The fourth-order valence-corrected chi connectivity index (χ4v) is 2.28. The van der Waals surface area contributed by atoms with Crippen molar-refractivity contribution in [3.05, 3.63) is 53.6 Å². The summed E-state index contributed by atoms with van der Waals surface area (Å²) in [4.78, 5) is 11.8. The predicted molar refractivity (Wildman–Crippen MR) is 84.8 cm³/mol. The Hall–Kier alpha value is -2.29. The number of carbonyl (C=O) groups excluding carboxylic acids is 1. The van der Waals surface area contributed by atoms with E-state index < -0.39 is 0 Å². The van der Waals surface area contributed by atoms with E-state index in [1.54, 1.807) is 19.2 Å². The number of hydrogen-bond donors (Lipinski definition) is 1. The summed E-state index contributed by atoms with van der Waals surface area (Å²) in [7, 11) is 1.55. The van der Waals surface area contributed by atoms with Crippen molar-refractivity contribution < 1.29 is 8.98 Å². The monoisotopic (exact) mass is 298 g/mol. The van der Waals surface area contributed by atoms with Crippen LogP contribution in [-0.4, -0.2) is 12.9 Å². The molecule has 0 saturated heterocycles. The number of ketones is 1. The van der Waals surface area contributed by atoms with E-state index in [9.17, 15) is 4.79 Å². The molecule has 0 amide bonds. The highest BCUT2D eigenvalue weighted by Gasteiger charge is 2.09. The van der Waals surface area contributed by atoms with Crippen molar-refractivity contribution in [2.24, 2.45) is 0 Å². The van der Waals surface area contributed by atoms with Crippen molar-refractivity contribution in [2.45, 2.75) is 6.92 Å². The molecule has 2 aromatic rings. The molecule has 0 spiro atoms. The van der Waals surface area contributed by atoms with Crippen LogP contribution < -0.4 is 4.72 Å². The zero-order valence-electron chi connectivity index (χ0n) is 11.7. The molecule has 0 unspecified atom stereocenters. The highest BCUT2D eigenvalue weighted by molar-refractivity contribution is 7.96. The lowest BCUT2D eigenvalue weighted by atomic mass is 9.99. The van der Waals surface area contributed by atoms with Crippen LogP contribution >= 0.6 is 12.2 Å². The Morgan fingerprint density at radius 3 is 2.43 bits per heavy atom. The zero-order valence-corrected chi connectivity index (χ0v) is 12.5. The molecular formula is C16H14N2O2S. The maximum absolute atomic E-state index is 11.8. The summed E-state index contributed by atoms with van der Waals surface area (Å²) in [5, 5.41) is 8.82. The van der Waals surface area contributed by atoms with Crippen molar-refractivity contribution in [1.82, 2.24) is 0 Å². The minimum atomic E-state index is -0.0234. The van der Waals surface area contributed by atoms with Crippen LogP contribution in [0.2, 0.25) is 0 Å². The Morgan fingerprint density at radius 2 is 1.86 bits per heavy atom. The third-order valence-corrected chi connectivity index (χ3v) is 3.45. The summed E-state index contributed by atoms with van der Waals surface area (Å²) >= 11 is 1.06. The van der Waals surface area contributed by atoms with Gasteiger partial charge in [0.1, 0.15) is 12.2 Å². The minimum absolute atomic E-state index is 0.0234. The first kappa shape index (κ1) is 15.1. The van der Waals surface area contributed by atoms with Crippen LogP contribution in [0.25, 0.3) is 11.1 Å². The summed E-state index contributed by atoms with van der Waals surface area (Å²) in [6.07, 6.45) is 0. The molecule has 5 heteroatoms. The molecule has 0 atom stereocenters. The first-order valence-electron chi connectivity index (χ1n) is 6.27. The molecule has 0 bridgehead atoms. The Bertz CT molecular complexity index is 690. The van der Waals surface area contributed by atoms with Gasteiger partial charge in [-0.1, -0.05) is 18.2 Å². The third kappa shape index (κ3) is 3.63.